The molecule has 1 aliphatic rings. The first-order valence-corrected chi connectivity index (χ1v) is 8.31. The Morgan fingerprint density at radius 3 is 2.96 bits per heavy atom. The zero-order valence-electron chi connectivity index (χ0n) is 14.4. The van der Waals surface area contributed by atoms with Gasteiger partial charge in [-0.2, -0.15) is 4.98 Å². The highest BCUT2D eigenvalue weighted by atomic mass is 16.5. The molecule has 0 bridgehead atoms. The fourth-order valence-corrected chi connectivity index (χ4v) is 2.98. The molecule has 1 atom stereocenters. The van der Waals surface area contributed by atoms with Gasteiger partial charge in [0.2, 0.25) is 5.89 Å². The smallest absolute Gasteiger partial charge is 0.260 e. The van der Waals surface area contributed by atoms with E-state index in [0.717, 1.165) is 36.3 Å². The van der Waals surface area contributed by atoms with E-state index in [9.17, 15) is 4.79 Å². The van der Waals surface area contributed by atoms with Gasteiger partial charge < -0.3 is 14.2 Å². The number of aromatic nitrogens is 2. The molecule has 1 aromatic carbocycles. The van der Waals surface area contributed by atoms with Gasteiger partial charge in [-0.05, 0) is 50.8 Å². The number of carbonyl (C=O) groups is 1. The molecule has 0 spiro atoms. The maximum atomic E-state index is 12.5. The highest BCUT2D eigenvalue weighted by Crippen LogP contribution is 2.26. The second kappa shape index (κ2) is 7.03. The average Bonchev–Trinajstić information content (AvgIpc) is 3.02. The first-order valence-electron chi connectivity index (χ1n) is 8.31. The summed E-state index contributed by atoms with van der Waals surface area (Å²) in [6.07, 6.45) is 1.89. The maximum Gasteiger partial charge on any atom is 0.260 e. The molecule has 1 aliphatic heterocycles. The van der Waals surface area contributed by atoms with E-state index < -0.39 is 0 Å². The van der Waals surface area contributed by atoms with Gasteiger partial charge >= 0.3 is 0 Å². The Morgan fingerprint density at radius 1 is 1.38 bits per heavy atom. The molecule has 1 fully saturated rings. The van der Waals surface area contributed by atoms with Crippen molar-refractivity contribution in [1.29, 1.82) is 0 Å². The van der Waals surface area contributed by atoms with Crippen molar-refractivity contribution in [2.24, 2.45) is 0 Å². The van der Waals surface area contributed by atoms with Crippen LogP contribution in [-0.2, 0) is 4.79 Å². The lowest BCUT2D eigenvalue weighted by molar-refractivity contribution is -0.134. The van der Waals surface area contributed by atoms with Crippen molar-refractivity contribution in [3.8, 4) is 5.75 Å². The number of hydrogen-bond donors (Lipinski definition) is 0. The summed E-state index contributed by atoms with van der Waals surface area (Å²) < 4.78 is 11.0. The largest absolute Gasteiger partial charge is 0.483 e. The summed E-state index contributed by atoms with van der Waals surface area (Å²) in [6, 6.07) is 6.00. The summed E-state index contributed by atoms with van der Waals surface area (Å²) in [7, 11) is 0. The first kappa shape index (κ1) is 16.5. The molecule has 0 radical (unpaired) electrons. The fraction of sp³-hybridized carbons (Fsp3) is 0.500. The van der Waals surface area contributed by atoms with Crippen molar-refractivity contribution in [3.05, 3.63) is 41.0 Å². The van der Waals surface area contributed by atoms with E-state index in [2.05, 4.69) is 10.1 Å². The molecule has 0 N–H and O–H groups in total. The van der Waals surface area contributed by atoms with Crippen LogP contribution in [0.3, 0.4) is 0 Å². The number of amides is 1. The van der Waals surface area contributed by atoms with E-state index in [0.29, 0.717) is 18.3 Å². The van der Waals surface area contributed by atoms with Crippen LogP contribution in [-0.4, -0.2) is 40.6 Å². The summed E-state index contributed by atoms with van der Waals surface area (Å²) in [4.78, 5) is 18.6. The van der Waals surface area contributed by atoms with E-state index in [-0.39, 0.29) is 18.4 Å². The number of likely N-dealkylation sites (tertiary alicyclic amines) is 1. The fourth-order valence-electron chi connectivity index (χ4n) is 2.98. The second-order valence-corrected chi connectivity index (χ2v) is 6.42. The maximum absolute atomic E-state index is 12.5. The highest BCUT2D eigenvalue weighted by Gasteiger charge is 2.28. The lowest BCUT2D eigenvalue weighted by Crippen LogP contribution is -2.41. The average molecular weight is 329 g/mol. The molecule has 2 heterocycles. The van der Waals surface area contributed by atoms with Crippen molar-refractivity contribution in [2.45, 2.75) is 39.5 Å². The van der Waals surface area contributed by atoms with Crippen molar-refractivity contribution < 1.29 is 14.1 Å². The number of piperidine rings is 1. The van der Waals surface area contributed by atoms with E-state index >= 15 is 0 Å². The Labute approximate surface area is 141 Å². The predicted molar refractivity (Wildman–Crippen MR) is 89.0 cm³/mol. The molecule has 6 nitrogen and oxygen atoms in total. The third-order valence-corrected chi connectivity index (χ3v) is 4.36. The first-order chi connectivity index (χ1) is 11.5. The minimum Gasteiger partial charge on any atom is -0.483 e. The van der Waals surface area contributed by atoms with Crippen LogP contribution < -0.4 is 4.74 Å². The molecule has 0 aliphatic carbocycles. The molecule has 1 amide bonds. The van der Waals surface area contributed by atoms with Crippen molar-refractivity contribution in [1.82, 2.24) is 15.0 Å². The van der Waals surface area contributed by atoms with Gasteiger partial charge in [-0.1, -0.05) is 17.3 Å². The monoisotopic (exact) mass is 329 g/mol. The van der Waals surface area contributed by atoms with Crippen molar-refractivity contribution in [2.75, 3.05) is 19.7 Å². The quantitative estimate of drug-likeness (QED) is 0.863. The SMILES string of the molecule is Cc1ccc(C)c(OCC(=O)N2CCCC(c3nc(C)no3)C2)c1. The zero-order chi connectivity index (χ0) is 17.1. The molecule has 6 heteroatoms. The Kier molecular flexibility index (Phi) is 4.83. The molecular formula is C18H23N3O3. The highest BCUT2D eigenvalue weighted by molar-refractivity contribution is 5.78. The van der Waals surface area contributed by atoms with Crippen LogP contribution in [0.25, 0.3) is 0 Å². The third-order valence-electron chi connectivity index (χ3n) is 4.36. The van der Waals surface area contributed by atoms with Gasteiger partial charge in [0.25, 0.3) is 5.91 Å². The molecule has 1 saturated heterocycles. The van der Waals surface area contributed by atoms with Crippen LogP contribution in [0.4, 0.5) is 0 Å². The summed E-state index contributed by atoms with van der Waals surface area (Å²) in [5, 5.41) is 3.84. The zero-order valence-corrected chi connectivity index (χ0v) is 14.4. The molecule has 0 saturated carbocycles. The van der Waals surface area contributed by atoms with E-state index in [1.807, 2.05) is 36.9 Å². The van der Waals surface area contributed by atoms with Crippen LogP contribution in [0.1, 0.15) is 41.6 Å². The van der Waals surface area contributed by atoms with Crippen molar-refractivity contribution in [3.63, 3.8) is 0 Å². The number of aryl methyl sites for hydroxylation is 3. The molecule has 128 valence electrons. The number of benzene rings is 1. The van der Waals surface area contributed by atoms with E-state index in [4.69, 9.17) is 9.26 Å². The number of hydrogen-bond acceptors (Lipinski definition) is 5. The number of carbonyl (C=O) groups excluding carboxylic acids is 1. The topological polar surface area (TPSA) is 68.5 Å². The standard InChI is InChI=1S/C18H23N3O3/c1-12-6-7-13(2)16(9-12)23-11-17(22)21-8-4-5-15(10-21)18-19-14(3)20-24-18/h6-7,9,15H,4-5,8,10-11H2,1-3H3. The van der Waals surface area contributed by atoms with E-state index in [1.165, 1.54) is 0 Å². The van der Waals surface area contributed by atoms with Gasteiger partial charge in [0.1, 0.15) is 5.75 Å². The van der Waals surface area contributed by atoms with Gasteiger partial charge in [0.15, 0.2) is 12.4 Å². The van der Waals surface area contributed by atoms with Gasteiger partial charge in [-0.15, -0.1) is 0 Å². The summed E-state index contributed by atoms with van der Waals surface area (Å²) in [5.41, 5.74) is 2.15. The number of nitrogens with zero attached hydrogens (tertiary/aromatic N) is 3. The molecule has 2 aromatic rings. The van der Waals surface area contributed by atoms with Gasteiger partial charge in [0.05, 0.1) is 5.92 Å². The Hall–Kier alpha value is -2.37. The third kappa shape index (κ3) is 3.75. The van der Waals surface area contributed by atoms with Crippen LogP contribution in [0.2, 0.25) is 0 Å². The molecule has 1 unspecified atom stereocenters. The minimum absolute atomic E-state index is 0.00292. The van der Waals surface area contributed by atoms with Gasteiger partial charge in [-0.3, -0.25) is 4.79 Å². The summed E-state index contributed by atoms with van der Waals surface area (Å²) in [5.74, 6) is 2.14. The van der Waals surface area contributed by atoms with Crippen molar-refractivity contribution >= 4 is 5.91 Å². The van der Waals surface area contributed by atoms with Crippen LogP contribution in [0, 0.1) is 20.8 Å². The Morgan fingerprint density at radius 2 is 2.21 bits per heavy atom. The lowest BCUT2D eigenvalue weighted by Gasteiger charge is -2.31. The Balaban J connectivity index is 1.59. The molecule has 24 heavy (non-hydrogen) atoms. The Bertz CT molecular complexity index is 726. The molecule has 1 aromatic heterocycles. The number of ether oxygens (including phenoxy) is 1. The molecular weight excluding hydrogens is 306 g/mol. The normalized spacial score (nSPS) is 17.8. The van der Waals surface area contributed by atoms with E-state index in [1.54, 1.807) is 6.92 Å². The molecule has 3 rings (SSSR count). The van der Waals surface area contributed by atoms with Crippen LogP contribution >= 0.6 is 0 Å². The minimum atomic E-state index is -0.00292. The summed E-state index contributed by atoms with van der Waals surface area (Å²) >= 11 is 0. The summed E-state index contributed by atoms with van der Waals surface area (Å²) in [6.45, 7) is 7.20. The van der Waals surface area contributed by atoms with Crippen LogP contribution in [0.15, 0.2) is 22.7 Å². The van der Waals surface area contributed by atoms with Crippen LogP contribution in [0.5, 0.6) is 5.75 Å². The predicted octanol–water partition coefficient (Wildman–Crippen LogP) is 2.78. The lowest BCUT2D eigenvalue weighted by atomic mass is 9.98. The second-order valence-electron chi connectivity index (χ2n) is 6.42. The van der Waals surface area contributed by atoms with Gasteiger partial charge in [0, 0.05) is 13.1 Å². The number of rotatable bonds is 4. The van der Waals surface area contributed by atoms with Gasteiger partial charge in [-0.25, -0.2) is 0 Å².